The van der Waals surface area contributed by atoms with E-state index < -0.39 is 0 Å². The summed E-state index contributed by atoms with van der Waals surface area (Å²) in [5, 5.41) is 4.18. The minimum absolute atomic E-state index is 0.198. The summed E-state index contributed by atoms with van der Waals surface area (Å²) < 4.78 is 13.1. The van der Waals surface area contributed by atoms with Gasteiger partial charge in [-0.1, -0.05) is 32.0 Å². The molecule has 1 aliphatic heterocycles. The molecule has 1 heterocycles. The lowest BCUT2D eigenvalue weighted by atomic mass is 10.0. The molecule has 1 aliphatic rings. The summed E-state index contributed by atoms with van der Waals surface area (Å²) in [5.41, 5.74) is 3.42. The highest BCUT2D eigenvalue weighted by Crippen LogP contribution is 2.24. The number of benzene rings is 2. The highest BCUT2D eigenvalue weighted by atomic mass is 32.1. The summed E-state index contributed by atoms with van der Waals surface area (Å²) in [6.07, 6.45) is 0. The Bertz CT molecular complexity index is 722. The van der Waals surface area contributed by atoms with E-state index in [9.17, 15) is 4.39 Å². The van der Waals surface area contributed by atoms with E-state index >= 15 is 0 Å². The number of thiocarbonyl (C=S) groups is 1. The van der Waals surface area contributed by atoms with Crippen molar-refractivity contribution < 1.29 is 4.39 Å². The number of anilines is 2. The summed E-state index contributed by atoms with van der Waals surface area (Å²) in [6, 6.07) is 15.0. The number of nitrogens with one attached hydrogen (secondary N) is 1. The fourth-order valence-electron chi connectivity index (χ4n) is 3.13. The van der Waals surface area contributed by atoms with Crippen LogP contribution in [0.15, 0.2) is 48.5 Å². The van der Waals surface area contributed by atoms with Gasteiger partial charge < -0.3 is 15.1 Å². The van der Waals surface area contributed by atoms with Crippen LogP contribution < -0.4 is 10.2 Å². The third-order valence-corrected chi connectivity index (χ3v) is 4.94. The van der Waals surface area contributed by atoms with Crippen LogP contribution in [0, 0.1) is 5.82 Å². The standard InChI is InChI=1S/C20H24FN3S/c1-15(2)18-5-3-4-6-19(18)22-20(25)24-13-11-23(12-14-24)17-9-7-16(21)8-10-17/h3-10,15H,11-14H2,1-2H3,(H,22,25). The van der Waals surface area contributed by atoms with Crippen LogP contribution in [0.3, 0.4) is 0 Å². The topological polar surface area (TPSA) is 18.5 Å². The smallest absolute Gasteiger partial charge is 0.173 e. The zero-order valence-corrected chi connectivity index (χ0v) is 15.5. The van der Waals surface area contributed by atoms with Crippen molar-refractivity contribution in [1.82, 2.24) is 4.90 Å². The molecule has 0 bridgehead atoms. The Morgan fingerprint density at radius 2 is 1.64 bits per heavy atom. The molecule has 0 radical (unpaired) electrons. The Hall–Kier alpha value is -2.14. The fourth-order valence-corrected chi connectivity index (χ4v) is 3.42. The van der Waals surface area contributed by atoms with Crippen molar-refractivity contribution >= 4 is 28.7 Å². The van der Waals surface area contributed by atoms with Crippen molar-refractivity contribution in [3.05, 3.63) is 59.9 Å². The average molecular weight is 357 g/mol. The van der Waals surface area contributed by atoms with Gasteiger partial charge in [0.25, 0.3) is 0 Å². The van der Waals surface area contributed by atoms with Gasteiger partial charge in [-0.15, -0.1) is 0 Å². The van der Waals surface area contributed by atoms with Gasteiger partial charge in [0, 0.05) is 37.6 Å². The van der Waals surface area contributed by atoms with E-state index in [1.54, 1.807) is 0 Å². The molecular weight excluding hydrogens is 333 g/mol. The molecule has 1 fully saturated rings. The van der Waals surface area contributed by atoms with Crippen LogP contribution in [0.2, 0.25) is 0 Å². The Kier molecular flexibility index (Phi) is 5.53. The van der Waals surface area contributed by atoms with E-state index in [-0.39, 0.29) is 5.82 Å². The number of piperazine rings is 1. The molecule has 3 nitrogen and oxygen atoms in total. The molecule has 0 saturated carbocycles. The lowest BCUT2D eigenvalue weighted by Gasteiger charge is -2.37. The van der Waals surface area contributed by atoms with Crippen molar-refractivity contribution in [2.45, 2.75) is 19.8 Å². The molecule has 0 aromatic heterocycles. The van der Waals surface area contributed by atoms with Gasteiger partial charge in [0.1, 0.15) is 5.82 Å². The molecule has 0 aliphatic carbocycles. The molecule has 0 amide bonds. The van der Waals surface area contributed by atoms with Gasteiger partial charge >= 0.3 is 0 Å². The van der Waals surface area contributed by atoms with Crippen LogP contribution >= 0.6 is 12.2 Å². The largest absolute Gasteiger partial charge is 0.368 e. The number of nitrogens with zero attached hydrogens (tertiary/aromatic N) is 2. The minimum Gasteiger partial charge on any atom is -0.368 e. The second kappa shape index (κ2) is 7.83. The number of hydrogen-bond donors (Lipinski definition) is 1. The maximum Gasteiger partial charge on any atom is 0.173 e. The van der Waals surface area contributed by atoms with Crippen LogP contribution in [0.4, 0.5) is 15.8 Å². The lowest BCUT2D eigenvalue weighted by molar-refractivity contribution is 0.391. The van der Waals surface area contributed by atoms with Gasteiger partial charge in [-0.05, 0) is 54.0 Å². The second-order valence-corrected chi connectivity index (χ2v) is 7.01. The molecule has 0 unspecified atom stereocenters. The summed E-state index contributed by atoms with van der Waals surface area (Å²) in [6.45, 7) is 7.83. The number of hydrogen-bond acceptors (Lipinski definition) is 2. The predicted octanol–water partition coefficient (Wildman–Crippen LogP) is 4.47. The SMILES string of the molecule is CC(C)c1ccccc1NC(=S)N1CCN(c2ccc(F)cc2)CC1. The molecule has 1 saturated heterocycles. The van der Waals surface area contributed by atoms with Crippen molar-refractivity contribution in [2.75, 3.05) is 36.4 Å². The Balaban J connectivity index is 1.59. The molecule has 2 aromatic rings. The quantitative estimate of drug-likeness (QED) is 0.817. The molecule has 5 heteroatoms. The van der Waals surface area contributed by atoms with Crippen molar-refractivity contribution in [1.29, 1.82) is 0 Å². The van der Waals surface area contributed by atoms with Crippen LogP contribution in [-0.2, 0) is 0 Å². The van der Waals surface area contributed by atoms with E-state index in [1.165, 1.54) is 17.7 Å². The normalized spacial score (nSPS) is 14.7. The van der Waals surface area contributed by atoms with Crippen molar-refractivity contribution in [3.63, 3.8) is 0 Å². The van der Waals surface area contributed by atoms with E-state index in [4.69, 9.17) is 12.2 Å². The molecule has 0 spiro atoms. The maximum atomic E-state index is 13.1. The molecule has 132 valence electrons. The summed E-state index contributed by atoms with van der Waals surface area (Å²) in [7, 11) is 0. The number of halogens is 1. The first-order valence-corrected chi connectivity index (χ1v) is 9.11. The third-order valence-electron chi connectivity index (χ3n) is 4.58. The van der Waals surface area contributed by atoms with E-state index in [0.717, 1.165) is 42.7 Å². The molecule has 0 atom stereocenters. The first kappa shape index (κ1) is 17.7. The Morgan fingerprint density at radius 3 is 2.28 bits per heavy atom. The van der Waals surface area contributed by atoms with Gasteiger partial charge in [0.15, 0.2) is 5.11 Å². The molecule has 25 heavy (non-hydrogen) atoms. The third kappa shape index (κ3) is 4.28. The molecule has 3 rings (SSSR count). The second-order valence-electron chi connectivity index (χ2n) is 6.62. The average Bonchev–Trinajstić information content (AvgIpc) is 2.63. The highest BCUT2D eigenvalue weighted by Gasteiger charge is 2.20. The Labute approximate surface area is 154 Å². The first-order chi connectivity index (χ1) is 12.0. The summed E-state index contributed by atoms with van der Waals surface area (Å²) in [4.78, 5) is 4.47. The molecular formula is C20H24FN3S. The zero-order chi connectivity index (χ0) is 17.8. The van der Waals surface area contributed by atoms with Gasteiger partial charge in [-0.3, -0.25) is 0 Å². The Morgan fingerprint density at radius 1 is 1.00 bits per heavy atom. The highest BCUT2D eigenvalue weighted by molar-refractivity contribution is 7.80. The van der Waals surface area contributed by atoms with Crippen LogP contribution in [-0.4, -0.2) is 36.2 Å². The fraction of sp³-hybridized carbons (Fsp3) is 0.350. The van der Waals surface area contributed by atoms with Gasteiger partial charge in [-0.2, -0.15) is 0 Å². The monoisotopic (exact) mass is 357 g/mol. The van der Waals surface area contributed by atoms with Crippen LogP contribution in [0.25, 0.3) is 0 Å². The van der Waals surface area contributed by atoms with Crippen LogP contribution in [0.1, 0.15) is 25.3 Å². The van der Waals surface area contributed by atoms with Crippen LogP contribution in [0.5, 0.6) is 0 Å². The molecule has 1 N–H and O–H groups in total. The van der Waals surface area contributed by atoms with Crippen molar-refractivity contribution in [2.24, 2.45) is 0 Å². The number of para-hydroxylation sites is 1. The zero-order valence-electron chi connectivity index (χ0n) is 14.7. The first-order valence-electron chi connectivity index (χ1n) is 8.70. The van der Waals surface area contributed by atoms with Gasteiger partial charge in [-0.25, -0.2) is 4.39 Å². The lowest BCUT2D eigenvalue weighted by Crippen LogP contribution is -2.50. The summed E-state index contributed by atoms with van der Waals surface area (Å²) in [5.74, 6) is 0.249. The van der Waals surface area contributed by atoms with Gasteiger partial charge in [0.2, 0.25) is 0 Å². The maximum absolute atomic E-state index is 13.1. The van der Waals surface area contributed by atoms with Crippen molar-refractivity contribution in [3.8, 4) is 0 Å². The van der Waals surface area contributed by atoms with Gasteiger partial charge in [0.05, 0.1) is 0 Å². The van der Waals surface area contributed by atoms with E-state index in [1.807, 2.05) is 18.2 Å². The number of rotatable bonds is 3. The minimum atomic E-state index is -0.198. The molecule has 2 aromatic carbocycles. The predicted molar refractivity (Wildman–Crippen MR) is 107 cm³/mol. The van der Waals surface area contributed by atoms with E-state index in [2.05, 4.69) is 47.2 Å². The van der Waals surface area contributed by atoms with E-state index in [0.29, 0.717) is 5.92 Å². The summed E-state index contributed by atoms with van der Waals surface area (Å²) >= 11 is 5.62.